The molecule has 0 aromatic carbocycles. The number of amides is 1. The number of hydrogen-bond acceptors (Lipinski definition) is 19. The standard InChI is InChI=1S/C25H28N8O.C19H16N6O.C18H14N6O2/c1-18-6-4-7-21(28-18)23-30-24(29-20-8-11-26-12-9-20)22-16-19(17-33(22)31-23)25(34)27-10-5-15-32-13-2-3-14-32;1-12-4-3-5-16(21-12)18-23-19(22-15-6-8-20-9-7-15)17-10-14(13(2)26)11-25(17)24-18;1-11-3-2-4-14(20-11)16-22-17(21-13-5-7-19-8-6-13)15-9-12(18(25)26)10-24(15)23-16/h4,6-9,11-12,16-17H,2-3,5,10,13-15H2,1H3,(H,27,34)(H,26,29,30,31);3-11H,1-2H3,(H,20,22,23,24);2-10H,1H3,(H,25,26)(H,19,21,22,23). The number of pyridine rings is 6. The van der Waals surface area contributed by atoms with Crippen LogP contribution in [0.25, 0.3) is 51.1 Å². The number of ketones is 1. The normalized spacial score (nSPS) is 12.0. The van der Waals surface area contributed by atoms with E-state index in [1.54, 1.807) is 76.8 Å². The van der Waals surface area contributed by atoms with Gasteiger partial charge in [-0.2, -0.15) is 0 Å². The molecule has 12 aromatic heterocycles. The number of hydrogen-bond donors (Lipinski definition) is 5. The molecule has 0 atom stereocenters. The van der Waals surface area contributed by atoms with Gasteiger partial charge in [-0.05, 0) is 158 Å². The minimum atomic E-state index is -1.03. The summed E-state index contributed by atoms with van der Waals surface area (Å²) in [5.74, 6) is 1.84. The quantitative estimate of drug-likeness (QED) is 0.0444. The lowest BCUT2D eigenvalue weighted by Crippen LogP contribution is -2.28. The molecular weight excluding hydrogens is 1090 g/mol. The fourth-order valence-electron chi connectivity index (χ4n) is 9.36. The van der Waals surface area contributed by atoms with Crippen LogP contribution in [0.15, 0.2) is 165 Å². The lowest BCUT2D eigenvalue weighted by molar-refractivity contribution is 0.0696. The average molecular weight is 1150 g/mol. The Kier molecular flexibility index (Phi) is 17.0. The monoisotopic (exact) mass is 1150 g/mol. The molecule has 0 saturated carbocycles. The second-order valence-corrected chi connectivity index (χ2v) is 20.1. The van der Waals surface area contributed by atoms with Crippen LogP contribution in [0.5, 0.6) is 0 Å². The van der Waals surface area contributed by atoms with Gasteiger partial charge in [-0.3, -0.25) is 24.5 Å². The third kappa shape index (κ3) is 13.8. The number of fused-ring (bicyclic) bond motifs is 3. The highest BCUT2D eigenvalue weighted by molar-refractivity contribution is 5.97. The van der Waals surface area contributed by atoms with Crippen LogP contribution in [-0.2, 0) is 0 Å². The van der Waals surface area contributed by atoms with Gasteiger partial charge in [0.05, 0.1) is 11.1 Å². The number of carbonyl (C=O) groups excluding carboxylic acids is 2. The molecule has 0 spiro atoms. The molecule has 13 heterocycles. The van der Waals surface area contributed by atoms with Gasteiger partial charge in [0.15, 0.2) is 23.2 Å². The molecule has 1 aliphatic rings. The highest BCUT2D eigenvalue weighted by Gasteiger charge is 2.20. The van der Waals surface area contributed by atoms with E-state index in [-0.39, 0.29) is 17.3 Å². The maximum Gasteiger partial charge on any atom is 0.337 e. The SMILES string of the molecule is CC(=O)c1cc2c(Nc3ccncc3)nc(-c3cccc(C)n3)nn2c1.Cc1cccc(-c2nc(Nc3ccncc3)c3cc(C(=O)NCCCN4CCCC4)cn3n2)n1.Cc1cccc(-c2nc(Nc3ccncc3)c3cc(C(=O)O)cn3n2)n1. The molecule has 5 N–H and O–H groups in total. The van der Waals surface area contributed by atoms with Crippen LogP contribution in [0.4, 0.5) is 34.5 Å². The topological polar surface area (TPSA) is 291 Å². The highest BCUT2D eigenvalue weighted by Crippen LogP contribution is 2.28. The van der Waals surface area contributed by atoms with Crippen LogP contribution >= 0.6 is 0 Å². The number of carboxylic acids is 1. The van der Waals surface area contributed by atoms with Gasteiger partial charge >= 0.3 is 5.97 Å². The van der Waals surface area contributed by atoms with Gasteiger partial charge in [0, 0.05) is 102 Å². The number of rotatable bonds is 16. The third-order valence-corrected chi connectivity index (χ3v) is 13.6. The van der Waals surface area contributed by atoms with E-state index >= 15 is 0 Å². The maximum atomic E-state index is 12.9. The van der Waals surface area contributed by atoms with E-state index in [2.05, 4.69) is 81.3 Å². The molecule has 1 saturated heterocycles. The van der Waals surface area contributed by atoms with Crippen molar-refractivity contribution in [2.24, 2.45) is 0 Å². The van der Waals surface area contributed by atoms with Crippen LogP contribution in [0, 0.1) is 20.8 Å². The fourth-order valence-corrected chi connectivity index (χ4v) is 9.36. The van der Waals surface area contributed by atoms with Crippen molar-refractivity contribution in [3.05, 3.63) is 199 Å². The van der Waals surface area contributed by atoms with Crippen LogP contribution < -0.4 is 21.3 Å². The lowest BCUT2D eigenvalue weighted by atomic mass is 10.2. The Morgan fingerprint density at radius 3 is 1.24 bits per heavy atom. The van der Waals surface area contributed by atoms with E-state index in [4.69, 9.17) is 4.98 Å². The van der Waals surface area contributed by atoms with Crippen molar-refractivity contribution < 1.29 is 19.5 Å². The van der Waals surface area contributed by atoms with Crippen molar-refractivity contribution >= 4 is 68.7 Å². The number of nitrogens with one attached hydrogen (secondary N) is 4. The number of anilines is 6. The van der Waals surface area contributed by atoms with E-state index in [0.717, 1.165) is 47.1 Å². The van der Waals surface area contributed by atoms with Crippen LogP contribution in [0.2, 0.25) is 0 Å². The zero-order chi connectivity index (χ0) is 59.5. The van der Waals surface area contributed by atoms with Crippen molar-refractivity contribution in [1.29, 1.82) is 0 Å². The number of likely N-dealkylation sites (tertiary alicyclic amines) is 1. The lowest BCUT2D eigenvalue weighted by Gasteiger charge is -2.14. The summed E-state index contributed by atoms with van der Waals surface area (Å²) in [7, 11) is 0. The van der Waals surface area contributed by atoms with E-state index < -0.39 is 5.97 Å². The number of aromatic nitrogens is 15. The van der Waals surface area contributed by atoms with Gasteiger partial charge in [0.1, 0.15) is 33.6 Å². The van der Waals surface area contributed by atoms with Gasteiger partial charge in [0.2, 0.25) is 17.5 Å². The van der Waals surface area contributed by atoms with Crippen molar-refractivity contribution in [3.63, 3.8) is 0 Å². The Hall–Kier alpha value is -11.3. The molecule has 1 amide bonds. The molecule has 13 rings (SSSR count). The van der Waals surface area contributed by atoms with E-state index in [1.807, 2.05) is 106 Å². The van der Waals surface area contributed by atoms with E-state index in [1.165, 1.54) is 49.6 Å². The minimum Gasteiger partial charge on any atom is -0.478 e. The smallest absolute Gasteiger partial charge is 0.337 e. The van der Waals surface area contributed by atoms with Gasteiger partial charge in [-0.25, -0.2) is 48.2 Å². The summed E-state index contributed by atoms with van der Waals surface area (Å²) in [6, 6.07) is 33.1. The molecule has 0 unspecified atom stereocenters. The summed E-state index contributed by atoms with van der Waals surface area (Å²) in [5.41, 5.74) is 10.2. The van der Waals surface area contributed by atoms with Crippen LogP contribution in [0.1, 0.15) is 74.3 Å². The summed E-state index contributed by atoms with van der Waals surface area (Å²) in [6.45, 7) is 11.3. The number of carbonyl (C=O) groups is 3. The first-order chi connectivity index (χ1) is 41.8. The third-order valence-electron chi connectivity index (χ3n) is 13.6. The molecule has 0 aliphatic carbocycles. The summed E-state index contributed by atoms with van der Waals surface area (Å²) in [5, 5.41) is 35.7. The Bertz CT molecular complexity index is 4200. The summed E-state index contributed by atoms with van der Waals surface area (Å²) in [4.78, 5) is 77.9. The van der Waals surface area contributed by atoms with Crippen molar-refractivity contribution in [2.75, 3.05) is 42.1 Å². The molecule has 24 nitrogen and oxygen atoms in total. The zero-order valence-electron chi connectivity index (χ0n) is 47.4. The van der Waals surface area contributed by atoms with Crippen molar-refractivity contribution in [3.8, 4) is 34.6 Å². The predicted octanol–water partition coefficient (Wildman–Crippen LogP) is 9.83. The first-order valence-corrected chi connectivity index (χ1v) is 27.6. The number of aryl methyl sites for hydroxylation is 3. The molecular formula is C62H58N20O4. The molecule has 86 heavy (non-hydrogen) atoms. The highest BCUT2D eigenvalue weighted by atomic mass is 16.4. The Balaban J connectivity index is 0.000000136. The van der Waals surface area contributed by atoms with Gasteiger partial charge in [-0.1, -0.05) is 18.2 Å². The Morgan fingerprint density at radius 1 is 0.488 bits per heavy atom. The average Bonchev–Trinajstić information content (AvgIpc) is 2.41. The molecule has 0 radical (unpaired) electrons. The minimum absolute atomic E-state index is 0.0272. The fraction of sp³-hybridized carbons (Fsp3) is 0.177. The molecule has 430 valence electrons. The zero-order valence-corrected chi connectivity index (χ0v) is 47.4. The van der Waals surface area contributed by atoms with Crippen LogP contribution in [0.3, 0.4) is 0 Å². The summed E-state index contributed by atoms with van der Waals surface area (Å²) < 4.78 is 4.85. The first kappa shape index (κ1) is 56.6. The van der Waals surface area contributed by atoms with Crippen molar-refractivity contribution in [1.82, 2.24) is 83.9 Å². The molecule has 1 fully saturated rings. The Morgan fingerprint density at radius 2 is 0.860 bits per heavy atom. The molecule has 0 bridgehead atoms. The first-order valence-electron chi connectivity index (χ1n) is 27.6. The second-order valence-electron chi connectivity index (χ2n) is 20.1. The largest absolute Gasteiger partial charge is 0.478 e. The van der Waals surface area contributed by atoms with Gasteiger partial charge in [-0.15, -0.1) is 15.3 Å². The van der Waals surface area contributed by atoms with Crippen LogP contribution in [-0.4, -0.2) is 128 Å². The maximum absolute atomic E-state index is 12.9. The van der Waals surface area contributed by atoms with E-state index in [9.17, 15) is 19.5 Å². The molecule has 12 aromatic rings. The Labute approximate surface area is 492 Å². The summed E-state index contributed by atoms with van der Waals surface area (Å²) in [6.07, 6.45) is 18.5. The van der Waals surface area contributed by atoms with Gasteiger partial charge < -0.3 is 31.3 Å². The number of carboxylic acid groups (broad SMARTS) is 1. The predicted molar refractivity (Wildman–Crippen MR) is 325 cm³/mol. The number of nitrogens with zero attached hydrogens (tertiary/aromatic N) is 16. The molecule has 1 aliphatic heterocycles. The van der Waals surface area contributed by atoms with Gasteiger partial charge in [0.25, 0.3) is 5.91 Å². The van der Waals surface area contributed by atoms with Crippen molar-refractivity contribution in [2.45, 2.75) is 47.0 Å². The number of aromatic carboxylic acids is 1. The summed E-state index contributed by atoms with van der Waals surface area (Å²) >= 11 is 0. The second kappa shape index (κ2) is 25.9. The van der Waals surface area contributed by atoms with E-state index in [0.29, 0.717) is 86.2 Å². The number of Topliss-reactive ketones (excluding diaryl/α,β-unsaturated/α-hetero) is 1. The molecule has 24 heteroatoms.